The molecule has 2 aromatic rings. The van der Waals surface area contributed by atoms with Gasteiger partial charge in [-0.2, -0.15) is 0 Å². The van der Waals surface area contributed by atoms with Crippen LogP contribution in [0.5, 0.6) is 0 Å². The molecule has 0 unspecified atom stereocenters. The summed E-state index contributed by atoms with van der Waals surface area (Å²) in [7, 11) is 1.80. The molecule has 1 amide bonds. The van der Waals surface area contributed by atoms with Crippen molar-refractivity contribution in [3.05, 3.63) is 52.7 Å². The molecule has 3 rings (SSSR count). The van der Waals surface area contributed by atoms with Gasteiger partial charge in [-0.3, -0.25) is 4.79 Å². The highest BCUT2D eigenvalue weighted by atomic mass is 16.1. The number of benzene rings is 1. The first-order valence-electron chi connectivity index (χ1n) is 7.25. The summed E-state index contributed by atoms with van der Waals surface area (Å²) in [5.41, 5.74) is 5.06. The highest BCUT2D eigenvalue weighted by Gasteiger charge is 2.13. The SMILES string of the molecule is CNc1cc(C(=O)Nc2ccc3c(c2)CCC3)cc(C)n1. The minimum atomic E-state index is -0.102. The molecule has 0 atom stereocenters. The van der Waals surface area contributed by atoms with E-state index in [0.29, 0.717) is 11.4 Å². The maximum absolute atomic E-state index is 12.4. The predicted octanol–water partition coefficient (Wildman–Crippen LogP) is 3.17. The minimum Gasteiger partial charge on any atom is -0.373 e. The van der Waals surface area contributed by atoms with Crippen molar-refractivity contribution < 1.29 is 4.79 Å². The van der Waals surface area contributed by atoms with E-state index in [-0.39, 0.29) is 5.91 Å². The van der Waals surface area contributed by atoms with Crippen LogP contribution >= 0.6 is 0 Å². The number of nitrogens with zero attached hydrogens (tertiary/aromatic N) is 1. The third-order valence-corrected chi connectivity index (χ3v) is 3.83. The molecule has 4 nitrogen and oxygen atoms in total. The highest BCUT2D eigenvalue weighted by molar-refractivity contribution is 6.04. The molecule has 0 bridgehead atoms. The zero-order valence-electron chi connectivity index (χ0n) is 12.4. The first kappa shape index (κ1) is 13.6. The van der Waals surface area contributed by atoms with Gasteiger partial charge in [0.2, 0.25) is 0 Å². The predicted molar refractivity (Wildman–Crippen MR) is 84.9 cm³/mol. The lowest BCUT2D eigenvalue weighted by molar-refractivity contribution is 0.102. The Bertz CT molecular complexity index is 694. The van der Waals surface area contributed by atoms with Gasteiger partial charge in [0.05, 0.1) is 0 Å². The van der Waals surface area contributed by atoms with Crippen molar-refractivity contribution in [2.24, 2.45) is 0 Å². The van der Waals surface area contributed by atoms with E-state index in [1.165, 1.54) is 17.5 Å². The molecule has 108 valence electrons. The van der Waals surface area contributed by atoms with Crippen LogP contribution in [-0.4, -0.2) is 17.9 Å². The zero-order valence-corrected chi connectivity index (χ0v) is 12.4. The van der Waals surface area contributed by atoms with Crippen LogP contribution in [0, 0.1) is 6.92 Å². The number of anilines is 2. The summed E-state index contributed by atoms with van der Waals surface area (Å²) in [4.78, 5) is 16.7. The van der Waals surface area contributed by atoms with Gasteiger partial charge < -0.3 is 10.6 Å². The first-order chi connectivity index (χ1) is 10.2. The fourth-order valence-electron chi connectivity index (χ4n) is 2.78. The lowest BCUT2D eigenvalue weighted by atomic mass is 10.1. The van der Waals surface area contributed by atoms with E-state index < -0.39 is 0 Å². The number of rotatable bonds is 3. The molecule has 21 heavy (non-hydrogen) atoms. The Kier molecular flexibility index (Phi) is 3.60. The number of hydrogen-bond donors (Lipinski definition) is 2. The topological polar surface area (TPSA) is 54.0 Å². The smallest absolute Gasteiger partial charge is 0.255 e. The zero-order chi connectivity index (χ0) is 14.8. The standard InChI is InChI=1S/C17H19N3O/c1-11-8-14(10-16(18-2)19-11)17(21)20-15-7-6-12-4-3-5-13(12)9-15/h6-10H,3-5H2,1-2H3,(H,18,19)(H,20,21). The number of pyridine rings is 1. The Hall–Kier alpha value is -2.36. The second-order valence-corrected chi connectivity index (χ2v) is 5.42. The fourth-order valence-corrected chi connectivity index (χ4v) is 2.78. The molecule has 0 radical (unpaired) electrons. The van der Waals surface area contributed by atoms with Gasteiger partial charge in [-0.15, -0.1) is 0 Å². The molecule has 2 N–H and O–H groups in total. The molecule has 0 aliphatic heterocycles. The van der Waals surface area contributed by atoms with E-state index in [4.69, 9.17) is 0 Å². The number of hydrogen-bond acceptors (Lipinski definition) is 3. The molecule has 1 aliphatic carbocycles. The summed E-state index contributed by atoms with van der Waals surface area (Å²) in [6.07, 6.45) is 3.47. The lowest BCUT2D eigenvalue weighted by Crippen LogP contribution is -2.13. The van der Waals surface area contributed by atoms with E-state index in [0.717, 1.165) is 24.2 Å². The van der Waals surface area contributed by atoms with Gasteiger partial charge in [-0.25, -0.2) is 4.98 Å². The second-order valence-electron chi connectivity index (χ2n) is 5.42. The largest absolute Gasteiger partial charge is 0.373 e. The van der Waals surface area contributed by atoms with Crippen molar-refractivity contribution in [2.75, 3.05) is 17.7 Å². The summed E-state index contributed by atoms with van der Waals surface area (Å²) in [5.74, 6) is 0.601. The van der Waals surface area contributed by atoms with E-state index in [1.54, 1.807) is 19.2 Å². The van der Waals surface area contributed by atoms with E-state index in [2.05, 4.69) is 27.8 Å². The number of aromatic nitrogens is 1. The Labute approximate surface area is 124 Å². The Balaban J connectivity index is 1.81. The number of aryl methyl sites for hydroxylation is 3. The molecule has 1 heterocycles. The average Bonchev–Trinajstić information content (AvgIpc) is 2.94. The maximum Gasteiger partial charge on any atom is 0.255 e. The fraction of sp³-hybridized carbons (Fsp3) is 0.294. The monoisotopic (exact) mass is 281 g/mol. The molecule has 1 aromatic carbocycles. The summed E-state index contributed by atoms with van der Waals surface area (Å²) < 4.78 is 0. The van der Waals surface area contributed by atoms with Crippen LogP contribution in [0.4, 0.5) is 11.5 Å². The summed E-state index contributed by atoms with van der Waals surface area (Å²) in [5, 5.41) is 5.94. The van der Waals surface area contributed by atoms with Crippen molar-refractivity contribution in [1.82, 2.24) is 4.98 Å². The third kappa shape index (κ3) is 2.89. The molecule has 0 saturated carbocycles. The Morgan fingerprint density at radius 3 is 2.76 bits per heavy atom. The average molecular weight is 281 g/mol. The van der Waals surface area contributed by atoms with Crippen LogP contribution in [-0.2, 0) is 12.8 Å². The van der Waals surface area contributed by atoms with E-state index in [1.807, 2.05) is 13.0 Å². The number of carbonyl (C=O) groups excluding carboxylic acids is 1. The molecule has 0 saturated heterocycles. The number of nitrogens with one attached hydrogen (secondary N) is 2. The van der Waals surface area contributed by atoms with E-state index >= 15 is 0 Å². The Morgan fingerprint density at radius 1 is 1.14 bits per heavy atom. The van der Waals surface area contributed by atoms with Crippen molar-refractivity contribution in [1.29, 1.82) is 0 Å². The molecule has 0 fully saturated rings. The van der Waals surface area contributed by atoms with Crippen molar-refractivity contribution in [3.63, 3.8) is 0 Å². The third-order valence-electron chi connectivity index (χ3n) is 3.83. The Morgan fingerprint density at radius 2 is 1.95 bits per heavy atom. The van der Waals surface area contributed by atoms with Gasteiger partial charge in [0.25, 0.3) is 5.91 Å². The van der Waals surface area contributed by atoms with Crippen LogP contribution in [0.2, 0.25) is 0 Å². The normalized spacial score (nSPS) is 12.9. The van der Waals surface area contributed by atoms with E-state index in [9.17, 15) is 4.79 Å². The van der Waals surface area contributed by atoms with Gasteiger partial charge in [0.1, 0.15) is 5.82 Å². The summed E-state index contributed by atoms with van der Waals surface area (Å²) in [6, 6.07) is 9.75. The molecule has 0 spiro atoms. The van der Waals surface area contributed by atoms with Crippen molar-refractivity contribution >= 4 is 17.4 Å². The van der Waals surface area contributed by atoms with Crippen molar-refractivity contribution in [2.45, 2.75) is 26.2 Å². The quantitative estimate of drug-likeness (QED) is 0.908. The maximum atomic E-state index is 12.4. The van der Waals surface area contributed by atoms with Crippen LogP contribution < -0.4 is 10.6 Å². The van der Waals surface area contributed by atoms with Gasteiger partial charge >= 0.3 is 0 Å². The summed E-state index contributed by atoms with van der Waals surface area (Å²) in [6.45, 7) is 1.88. The second kappa shape index (κ2) is 5.56. The van der Waals surface area contributed by atoms with Crippen LogP contribution in [0.25, 0.3) is 0 Å². The number of carbonyl (C=O) groups is 1. The number of amides is 1. The minimum absolute atomic E-state index is 0.102. The molecule has 1 aliphatic rings. The van der Waals surface area contributed by atoms with Crippen LogP contribution in [0.1, 0.15) is 33.6 Å². The van der Waals surface area contributed by atoms with Gasteiger partial charge in [0.15, 0.2) is 0 Å². The van der Waals surface area contributed by atoms with Crippen LogP contribution in [0.15, 0.2) is 30.3 Å². The van der Waals surface area contributed by atoms with Gasteiger partial charge in [0, 0.05) is 24.0 Å². The van der Waals surface area contributed by atoms with Crippen LogP contribution in [0.3, 0.4) is 0 Å². The molecular weight excluding hydrogens is 262 g/mol. The number of fused-ring (bicyclic) bond motifs is 1. The highest BCUT2D eigenvalue weighted by Crippen LogP contribution is 2.25. The first-order valence-corrected chi connectivity index (χ1v) is 7.25. The van der Waals surface area contributed by atoms with Crippen molar-refractivity contribution in [3.8, 4) is 0 Å². The molecule has 4 heteroatoms. The molecular formula is C17H19N3O. The summed E-state index contributed by atoms with van der Waals surface area (Å²) >= 11 is 0. The lowest BCUT2D eigenvalue weighted by Gasteiger charge is -2.09. The molecule has 1 aromatic heterocycles. The van der Waals surface area contributed by atoms with Gasteiger partial charge in [-0.1, -0.05) is 6.07 Å². The van der Waals surface area contributed by atoms with Gasteiger partial charge in [-0.05, 0) is 61.6 Å².